The molecule has 1 aromatic carbocycles. The van der Waals surface area contributed by atoms with E-state index in [1.165, 1.54) is 18.0 Å². The molecule has 3 rings (SSSR count). The Labute approximate surface area is 145 Å². The average molecular weight is 341 g/mol. The zero-order valence-corrected chi connectivity index (χ0v) is 14.2. The van der Waals surface area contributed by atoms with Crippen LogP contribution in [0.4, 0.5) is 5.82 Å². The predicted octanol–water partition coefficient (Wildman–Crippen LogP) is 3.85. The van der Waals surface area contributed by atoms with E-state index in [1.807, 2.05) is 32.0 Å². The molecule has 0 saturated heterocycles. The standard InChI is InChI=1S/C18H17ClN4O/c1-12-4-3-5-14(8-12)11-23-17(13(2)9-21-23)22-18(24)15-6-7-20-10-16(15)19/h3-10H,11H2,1-2H3,(H,22,24). The Balaban J connectivity index is 1.85. The summed E-state index contributed by atoms with van der Waals surface area (Å²) in [6.45, 7) is 4.53. The summed E-state index contributed by atoms with van der Waals surface area (Å²) in [7, 11) is 0. The molecule has 0 aliphatic carbocycles. The second-order valence-electron chi connectivity index (χ2n) is 5.63. The van der Waals surface area contributed by atoms with Crippen molar-refractivity contribution in [3.05, 3.63) is 76.2 Å². The molecule has 0 fully saturated rings. The number of halogens is 1. The van der Waals surface area contributed by atoms with Crippen LogP contribution in [0, 0.1) is 13.8 Å². The first-order valence-corrected chi connectivity index (χ1v) is 7.91. The minimum absolute atomic E-state index is 0.281. The summed E-state index contributed by atoms with van der Waals surface area (Å²) in [6.07, 6.45) is 4.73. The highest BCUT2D eigenvalue weighted by Gasteiger charge is 2.15. The lowest BCUT2D eigenvalue weighted by Gasteiger charge is -2.11. The number of anilines is 1. The Bertz CT molecular complexity index is 888. The Morgan fingerprint density at radius 3 is 2.83 bits per heavy atom. The SMILES string of the molecule is Cc1cccc(Cn2ncc(C)c2NC(=O)c2ccncc2Cl)c1. The second kappa shape index (κ2) is 6.84. The van der Waals surface area contributed by atoms with Gasteiger partial charge in [-0.05, 0) is 25.5 Å². The van der Waals surface area contributed by atoms with Gasteiger partial charge in [-0.3, -0.25) is 9.78 Å². The summed E-state index contributed by atoms with van der Waals surface area (Å²) >= 11 is 6.04. The molecule has 122 valence electrons. The number of amides is 1. The van der Waals surface area contributed by atoms with Crippen molar-refractivity contribution < 1.29 is 4.79 Å². The minimum atomic E-state index is -0.281. The van der Waals surface area contributed by atoms with Crippen LogP contribution in [0.1, 0.15) is 27.0 Å². The number of rotatable bonds is 4. The van der Waals surface area contributed by atoms with Crippen molar-refractivity contribution in [3.63, 3.8) is 0 Å². The molecule has 0 atom stereocenters. The summed E-state index contributed by atoms with van der Waals surface area (Å²) in [6, 6.07) is 9.79. The highest BCUT2D eigenvalue weighted by atomic mass is 35.5. The van der Waals surface area contributed by atoms with Gasteiger partial charge in [0.2, 0.25) is 0 Å². The van der Waals surface area contributed by atoms with Crippen LogP contribution >= 0.6 is 11.6 Å². The predicted molar refractivity (Wildman–Crippen MR) is 94.4 cm³/mol. The smallest absolute Gasteiger partial charge is 0.258 e. The van der Waals surface area contributed by atoms with E-state index in [0.29, 0.717) is 22.9 Å². The molecule has 0 aliphatic rings. The lowest BCUT2D eigenvalue weighted by Crippen LogP contribution is -2.17. The van der Waals surface area contributed by atoms with Gasteiger partial charge in [0.1, 0.15) is 5.82 Å². The maximum atomic E-state index is 12.5. The van der Waals surface area contributed by atoms with E-state index in [4.69, 9.17) is 11.6 Å². The Kier molecular flexibility index (Phi) is 4.62. The maximum absolute atomic E-state index is 12.5. The van der Waals surface area contributed by atoms with Crippen LogP contribution < -0.4 is 5.32 Å². The largest absolute Gasteiger partial charge is 0.306 e. The number of benzene rings is 1. The van der Waals surface area contributed by atoms with Crippen molar-refractivity contribution in [2.45, 2.75) is 20.4 Å². The summed E-state index contributed by atoms with van der Waals surface area (Å²) in [5.74, 6) is 0.380. The molecular formula is C18H17ClN4O. The topological polar surface area (TPSA) is 59.8 Å². The molecule has 0 unspecified atom stereocenters. The molecule has 0 bridgehead atoms. The van der Waals surface area contributed by atoms with Crippen LogP contribution in [0.3, 0.4) is 0 Å². The number of hydrogen-bond donors (Lipinski definition) is 1. The molecule has 2 heterocycles. The monoisotopic (exact) mass is 340 g/mol. The molecular weight excluding hydrogens is 324 g/mol. The number of hydrogen-bond acceptors (Lipinski definition) is 3. The van der Waals surface area contributed by atoms with Crippen molar-refractivity contribution in [1.82, 2.24) is 14.8 Å². The number of carbonyl (C=O) groups is 1. The number of nitrogens with zero attached hydrogens (tertiary/aromatic N) is 3. The fourth-order valence-electron chi connectivity index (χ4n) is 2.48. The normalized spacial score (nSPS) is 10.6. The Morgan fingerprint density at radius 2 is 2.08 bits per heavy atom. The minimum Gasteiger partial charge on any atom is -0.306 e. The summed E-state index contributed by atoms with van der Waals surface area (Å²) in [5, 5.41) is 7.58. The van der Waals surface area contributed by atoms with Crippen LogP contribution in [0.15, 0.2) is 48.9 Å². The van der Waals surface area contributed by atoms with Gasteiger partial charge >= 0.3 is 0 Å². The average Bonchev–Trinajstić information content (AvgIpc) is 2.88. The lowest BCUT2D eigenvalue weighted by molar-refractivity contribution is 0.102. The van der Waals surface area contributed by atoms with Crippen molar-refractivity contribution in [1.29, 1.82) is 0 Å². The number of pyridine rings is 1. The first-order chi connectivity index (χ1) is 11.5. The van der Waals surface area contributed by atoms with Crippen LogP contribution in [0.2, 0.25) is 5.02 Å². The quantitative estimate of drug-likeness (QED) is 0.784. The Morgan fingerprint density at radius 1 is 1.25 bits per heavy atom. The van der Waals surface area contributed by atoms with E-state index in [1.54, 1.807) is 16.9 Å². The zero-order valence-electron chi connectivity index (χ0n) is 13.5. The van der Waals surface area contributed by atoms with Crippen molar-refractivity contribution in [3.8, 4) is 0 Å². The third kappa shape index (κ3) is 3.46. The molecule has 0 spiro atoms. The molecule has 6 heteroatoms. The van der Waals surface area contributed by atoms with E-state index in [0.717, 1.165) is 11.1 Å². The van der Waals surface area contributed by atoms with Crippen LogP contribution in [0.25, 0.3) is 0 Å². The number of aryl methyl sites for hydroxylation is 2. The summed E-state index contributed by atoms with van der Waals surface area (Å²) in [4.78, 5) is 16.4. The molecule has 24 heavy (non-hydrogen) atoms. The van der Waals surface area contributed by atoms with Gasteiger partial charge in [0, 0.05) is 18.0 Å². The number of aromatic nitrogens is 3. The number of carbonyl (C=O) groups excluding carboxylic acids is 1. The maximum Gasteiger partial charge on any atom is 0.258 e. The molecule has 0 radical (unpaired) electrons. The van der Waals surface area contributed by atoms with Crippen molar-refractivity contribution in [2.24, 2.45) is 0 Å². The van der Waals surface area contributed by atoms with E-state index >= 15 is 0 Å². The molecule has 1 N–H and O–H groups in total. The first-order valence-electron chi connectivity index (χ1n) is 7.53. The summed E-state index contributed by atoms with van der Waals surface area (Å²) in [5.41, 5.74) is 3.58. The zero-order chi connectivity index (χ0) is 17.1. The molecule has 1 amide bonds. The fourth-order valence-corrected chi connectivity index (χ4v) is 2.68. The molecule has 2 aromatic heterocycles. The third-order valence-electron chi connectivity index (χ3n) is 3.69. The molecule has 0 saturated carbocycles. The van der Waals surface area contributed by atoms with E-state index in [9.17, 15) is 4.79 Å². The molecule has 3 aromatic rings. The fraction of sp³-hybridized carbons (Fsp3) is 0.167. The molecule has 5 nitrogen and oxygen atoms in total. The van der Waals surface area contributed by atoms with Gasteiger partial charge in [0.15, 0.2) is 0 Å². The lowest BCUT2D eigenvalue weighted by atomic mass is 10.1. The Hall–Kier alpha value is -2.66. The van der Waals surface area contributed by atoms with Gasteiger partial charge in [-0.15, -0.1) is 0 Å². The third-order valence-corrected chi connectivity index (χ3v) is 3.99. The van der Waals surface area contributed by atoms with Gasteiger partial charge < -0.3 is 5.32 Å². The van der Waals surface area contributed by atoms with E-state index < -0.39 is 0 Å². The van der Waals surface area contributed by atoms with Crippen molar-refractivity contribution in [2.75, 3.05) is 5.32 Å². The number of nitrogens with one attached hydrogen (secondary N) is 1. The van der Waals surface area contributed by atoms with Crippen LogP contribution in [-0.4, -0.2) is 20.7 Å². The van der Waals surface area contributed by atoms with Gasteiger partial charge in [0.25, 0.3) is 5.91 Å². The van der Waals surface area contributed by atoms with E-state index in [-0.39, 0.29) is 5.91 Å². The van der Waals surface area contributed by atoms with E-state index in [2.05, 4.69) is 21.5 Å². The first kappa shape index (κ1) is 16.2. The van der Waals surface area contributed by atoms with Gasteiger partial charge in [-0.2, -0.15) is 5.10 Å². The van der Waals surface area contributed by atoms with Gasteiger partial charge in [-0.1, -0.05) is 41.4 Å². The second-order valence-corrected chi connectivity index (χ2v) is 6.04. The van der Waals surface area contributed by atoms with Crippen molar-refractivity contribution >= 4 is 23.3 Å². The van der Waals surface area contributed by atoms with Crippen LogP contribution in [-0.2, 0) is 6.54 Å². The summed E-state index contributed by atoms with van der Waals surface area (Å²) < 4.78 is 1.77. The highest BCUT2D eigenvalue weighted by Crippen LogP contribution is 2.20. The highest BCUT2D eigenvalue weighted by molar-refractivity contribution is 6.34. The van der Waals surface area contributed by atoms with Gasteiger partial charge in [0.05, 0.1) is 23.3 Å². The van der Waals surface area contributed by atoms with Crippen LogP contribution in [0.5, 0.6) is 0 Å². The van der Waals surface area contributed by atoms with Gasteiger partial charge in [-0.25, -0.2) is 4.68 Å². The molecule has 0 aliphatic heterocycles.